The van der Waals surface area contributed by atoms with Crippen molar-refractivity contribution in [3.63, 3.8) is 0 Å². The molecule has 1 aromatic carbocycles. The van der Waals surface area contributed by atoms with Crippen LogP contribution in [0.5, 0.6) is 0 Å². The molecule has 1 atom stereocenters. The summed E-state index contributed by atoms with van der Waals surface area (Å²) in [6.07, 6.45) is 3.48. The van der Waals surface area contributed by atoms with Crippen LogP contribution >= 0.6 is 0 Å². The van der Waals surface area contributed by atoms with Gasteiger partial charge in [0.1, 0.15) is 5.78 Å². The topological polar surface area (TPSA) is 20.3 Å². The Balaban J connectivity index is 2.23. The number of nitrogens with zero attached hydrogens (tertiary/aromatic N) is 1. The Morgan fingerprint density at radius 1 is 1.53 bits per heavy atom. The molecule has 0 saturated carbocycles. The van der Waals surface area contributed by atoms with Crippen LogP contribution in [0.15, 0.2) is 37.0 Å². The van der Waals surface area contributed by atoms with Crippen LogP contribution in [0.25, 0.3) is 0 Å². The first-order valence-corrected chi connectivity index (χ1v) is 6.22. The Bertz CT molecular complexity index is 425. The zero-order chi connectivity index (χ0) is 12.3. The van der Waals surface area contributed by atoms with Gasteiger partial charge >= 0.3 is 0 Å². The normalized spacial score (nSPS) is 20.4. The lowest BCUT2D eigenvalue weighted by molar-refractivity contribution is -0.122. The molecule has 0 radical (unpaired) electrons. The minimum absolute atomic E-state index is 0.0215. The van der Waals surface area contributed by atoms with Gasteiger partial charge in [-0.2, -0.15) is 0 Å². The maximum Gasteiger partial charge on any atom is 0.143 e. The number of Topliss-reactive ketones (excluding diaryl/α,β-unsaturated/α-hetero) is 1. The maximum absolute atomic E-state index is 12.0. The fraction of sp³-hybridized carbons (Fsp3) is 0.400. The third kappa shape index (κ3) is 2.57. The Labute approximate surface area is 103 Å². The smallest absolute Gasteiger partial charge is 0.143 e. The summed E-state index contributed by atoms with van der Waals surface area (Å²) < 4.78 is 0. The molecule has 0 aromatic heterocycles. The minimum Gasteiger partial charge on any atom is -0.376 e. The summed E-state index contributed by atoms with van der Waals surface area (Å²) >= 11 is 0. The molecule has 0 spiro atoms. The van der Waals surface area contributed by atoms with Crippen molar-refractivity contribution < 1.29 is 4.79 Å². The van der Waals surface area contributed by atoms with E-state index in [0.29, 0.717) is 12.2 Å². The first kappa shape index (κ1) is 11.9. The second kappa shape index (κ2) is 5.17. The van der Waals surface area contributed by atoms with Crippen molar-refractivity contribution in [2.24, 2.45) is 0 Å². The van der Waals surface area contributed by atoms with E-state index in [0.717, 1.165) is 25.1 Å². The van der Waals surface area contributed by atoms with Gasteiger partial charge in [0.2, 0.25) is 0 Å². The van der Waals surface area contributed by atoms with E-state index in [1.165, 1.54) is 5.56 Å². The fourth-order valence-corrected chi connectivity index (χ4v) is 2.34. The van der Waals surface area contributed by atoms with Gasteiger partial charge < -0.3 is 4.90 Å². The van der Waals surface area contributed by atoms with Gasteiger partial charge in [-0.15, -0.1) is 0 Å². The van der Waals surface area contributed by atoms with Crippen LogP contribution in [0.4, 0.5) is 0 Å². The summed E-state index contributed by atoms with van der Waals surface area (Å²) in [5.41, 5.74) is 2.45. The predicted molar refractivity (Wildman–Crippen MR) is 70.0 cm³/mol. The minimum atomic E-state index is 0.0215. The second-order valence-corrected chi connectivity index (χ2v) is 4.54. The zero-order valence-corrected chi connectivity index (χ0v) is 10.4. The molecular weight excluding hydrogens is 210 g/mol. The number of aryl methyl sites for hydroxylation is 1. The van der Waals surface area contributed by atoms with Crippen LogP contribution in [0.3, 0.4) is 0 Å². The number of ketones is 1. The molecule has 0 aliphatic carbocycles. The zero-order valence-electron chi connectivity index (χ0n) is 10.4. The van der Waals surface area contributed by atoms with E-state index in [4.69, 9.17) is 0 Å². The number of hydrogen-bond acceptors (Lipinski definition) is 2. The van der Waals surface area contributed by atoms with E-state index in [1.54, 1.807) is 0 Å². The third-order valence-electron chi connectivity index (χ3n) is 3.47. The van der Waals surface area contributed by atoms with Crippen molar-refractivity contribution in [1.82, 2.24) is 4.90 Å². The standard InChI is InChI=1S/C15H19NO/c1-3-12-6-5-7-13(10-12)14-11-16(4-2)9-8-15(14)17/h4-7,10,14H,2-3,8-9,11H2,1H3. The maximum atomic E-state index is 12.0. The van der Waals surface area contributed by atoms with Gasteiger partial charge in [0.15, 0.2) is 0 Å². The molecule has 0 bridgehead atoms. The average molecular weight is 229 g/mol. The van der Waals surface area contributed by atoms with Gasteiger partial charge in [-0.25, -0.2) is 0 Å². The van der Waals surface area contributed by atoms with Crippen LogP contribution in [0.1, 0.15) is 30.4 Å². The highest BCUT2D eigenvalue weighted by molar-refractivity contribution is 5.87. The highest BCUT2D eigenvalue weighted by Crippen LogP contribution is 2.25. The molecule has 0 N–H and O–H groups in total. The van der Waals surface area contributed by atoms with E-state index >= 15 is 0 Å². The predicted octanol–water partition coefficient (Wildman–Crippen LogP) is 2.75. The first-order chi connectivity index (χ1) is 8.24. The Morgan fingerprint density at radius 3 is 3.06 bits per heavy atom. The van der Waals surface area contributed by atoms with Crippen molar-refractivity contribution in [2.75, 3.05) is 13.1 Å². The first-order valence-electron chi connectivity index (χ1n) is 6.22. The molecule has 1 unspecified atom stereocenters. The molecule has 1 fully saturated rings. The molecule has 2 rings (SSSR count). The van der Waals surface area contributed by atoms with Gasteiger partial charge in [0.05, 0.1) is 5.92 Å². The van der Waals surface area contributed by atoms with Crippen LogP contribution in [-0.2, 0) is 11.2 Å². The molecule has 1 aliphatic rings. The summed E-state index contributed by atoms with van der Waals surface area (Å²) in [4.78, 5) is 14.1. The molecule has 90 valence electrons. The fourth-order valence-electron chi connectivity index (χ4n) is 2.34. The Hall–Kier alpha value is -1.57. The monoisotopic (exact) mass is 229 g/mol. The number of carbonyl (C=O) groups excluding carboxylic acids is 1. The van der Waals surface area contributed by atoms with Crippen LogP contribution in [-0.4, -0.2) is 23.8 Å². The molecule has 1 saturated heterocycles. The lowest BCUT2D eigenvalue weighted by atomic mass is 9.88. The summed E-state index contributed by atoms with van der Waals surface area (Å²) in [6, 6.07) is 8.39. The van der Waals surface area contributed by atoms with E-state index in [1.807, 2.05) is 12.3 Å². The number of hydrogen-bond donors (Lipinski definition) is 0. The van der Waals surface area contributed by atoms with Crippen molar-refractivity contribution in [3.8, 4) is 0 Å². The Kier molecular flexibility index (Phi) is 3.62. The largest absolute Gasteiger partial charge is 0.376 e. The molecule has 0 amide bonds. The summed E-state index contributed by atoms with van der Waals surface area (Å²) in [7, 11) is 0. The summed E-state index contributed by atoms with van der Waals surface area (Å²) in [5.74, 6) is 0.379. The molecule has 2 heteroatoms. The molecule has 2 nitrogen and oxygen atoms in total. The lowest BCUT2D eigenvalue weighted by Crippen LogP contribution is -2.36. The van der Waals surface area contributed by atoms with Crippen molar-refractivity contribution in [1.29, 1.82) is 0 Å². The highest BCUT2D eigenvalue weighted by atomic mass is 16.1. The van der Waals surface area contributed by atoms with Crippen molar-refractivity contribution in [3.05, 3.63) is 48.2 Å². The van der Waals surface area contributed by atoms with Crippen LogP contribution < -0.4 is 0 Å². The number of benzene rings is 1. The molecule has 1 heterocycles. The van der Waals surface area contributed by atoms with Gasteiger partial charge in [-0.1, -0.05) is 37.8 Å². The van der Waals surface area contributed by atoms with E-state index in [9.17, 15) is 4.79 Å². The number of piperidine rings is 1. The van der Waals surface area contributed by atoms with Gasteiger partial charge in [0, 0.05) is 19.5 Å². The van der Waals surface area contributed by atoms with E-state index in [-0.39, 0.29) is 5.92 Å². The molecular formula is C15H19NO. The summed E-state index contributed by atoms with van der Waals surface area (Å²) in [5, 5.41) is 0. The Morgan fingerprint density at radius 2 is 2.35 bits per heavy atom. The molecule has 1 aliphatic heterocycles. The summed E-state index contributed by atoms with van der Waals surface area (Å²) in [6.45, 7) is 7.51. The van der Waals surface area contributed by atoms with Crippen LogP contribution in [0.2, 0.25) is 0 Å². The molecule has 1 aromatic rings. The lowest BCUT2D eigenvalue weighted by Gasteiger charge is -2.31. The quantitative estimate of drug-likeness (QED) is 0.794. The third-order valence-corrected chi connectivity index (χ3v) is 3.47. The van der Waals surface area contributed by atoms with Crippen molar-refractivity contribution in [2.45, 2.75) is 25.7 Å². The van der Waals surface area contributed by atoms with Gasteiger partial charge in [-0.05, 0) is 23.7 Å². The number of rotatable bonds is 3. The van der Waals surface area contributed by atoms with E-state index in [2.05, 4.69) is 36.6 Å². The molecule has 17 heavy (non-hydrogen) atoms. The highest BCUT2D eigenvalue weighted by Gasteiger charge is 2.26. The van der Waals surface area contributed by atoms with Crippen molar-refractivity contribution >= 4 is 5.78 Å². The van der Waals surface area contributed by atoms with Gasteiger partial charge in [-0.3, -0.25) is 4.79 Å². The SMILES string of the molecule is C=CN1CCC(=O)C(c2cccc(CC)c2)C1. The van der Waals surface area contributed by atoms with Crippen LogP contribution in [0, 0.1) is 0 Å². The van der Waals surface area contributed by atoms with E-state index < -0.39 is 0 Å². The van der Waals surface area contributed by atoms with Gasteiger partial charge in [0.25, 0.3) is 0 Å². The number of carbonyl (C=O) groups is 1. The average Bonchev–Trinajstić information content (AvgIpc) is 2.39. The second-order valence-electron chi connectivity index (χ2n) is 4.54. The number of likely N-dealkylation sites (tertiary alicyclic amines) is 1.